The van der Waals surface area contributed by atoms with Gasteiger partial charge in [0.15, 0.2) is 14.6 Å². The number of hydroxylamine groups is 1. The number of sulfone groups is 1. The molecule has 37 heavy (non-hydrogen) atoms. The summed E-state index contributed by atoms with van der Waals surface area (Å²) in [5.74, 6) is -0.662. The molecule has 2 heterocycles. The second-order valence-electron chi connectivity index (χ2n) is 8.67. The van der Waals surface area contributed by atoms with Crippen molar-refractivity contribution in [3.8, 4) is 11.5 Å². The van der Waals surface area contributed by atoms with E-state index in [4.69, 9.17) is 4.74 Å². The van der Waals surface area contributed by atoms with Gasteiger partial charge in [-0.1, -0.05) is 6.07 Å². The van der Waals surface area contributed by atoms with Crippen molar-refractivity contribution in [1.29, 1.82) is 0 Å². The number of pyridine rings is 1. The van der Waals surface area contributed by atoms with Gasteiger partial charge in [0, 0.05) is 32.0 Å². The van der Waals surface area contributed by atoms with Crippen LogP contribution in [-0.4, -0.2) is 47.3 Å². The van der Waals surface area contributed by atoms with Crippen molar-refractivity contribution in [3.05, 3.63) is 84.2 Å². The fraction of sp³-hybridized carbons (Fsp3) is 0.280. The molecule has 1 aromatic heterocycles. The smallest absolute Gasteiger partial charge is 0.416 e. The summed E-state index contributed by atoms with van der Waals surface area (Å²) >= 11 is 0. The van der Waals surface area contributed by atoms with Crippen molar-refractivity contribution >= 4 is 15.7 Å². The molecule has 1 saturated heterocycles. The lowest BCUT2D eigenvalue weighted by Gasteiger charge is -2.39. The van der Waals surface area contributed by atoms with Crippen LogP contribution in [0.4, 0.5) is 13.2 Å². The second-order valence-corrected chi connectivity index (χ2v) is 10.9. The lowest BCUT2D eigenvalue weighted by Crippen LogP contribution is -2.57. The number of hydrogen-bond donors (Lipinski definition) is 2. The quantitative estimate of drug-likeness (QED) is 0.345. The monoisotopic (exact) mass is 535 g/mol. The molecule has 0 saturated carbocycles. The Morgan fingerprint density at radius 3 is 2.14 bits per heavy atom. The van der Waals surface area contributed by atoms with E-state index in [1.807, 2.05) is 11.0 Å². The number of carbonyl (C=O) groups is 1. The van der Waals surface area contributed by atoms with E-state index >= 15 is 0 Å². The fourth-order valence-electron chi connectivity index (χ4n) is 4.30. The lowest BCUT2D eigenvalue weighted by molar-refractivity contribution is -0.137. The highest BCUT2D eigenvalue weighted by molar-refractivity contribution is 7.93. The number of nitrogens with zero attached hydrogens (tertiary/aromatic N) is 2. The largest absolute Gasteiger partial charge is 0.457 e. The molecule has 0 aliphatic carbocycles. The van der Waals surface area contributed by atoms with E-state index in [0.717, 1.165) is 29.8 Å². The van der Waals surface area contributed by atoms with Crippen LogP contribution in [0.1, 0.15) is 24.0 Å². The molecule has 12 heteroatoms. The Balaban J connectivity index is 1.50. The van der Waals surface area contributed by atoms with E-state index in [1.54, 1.807) is 18.5 Å². The summed E-state index contributed by atoms with van der Waals surface area (Å²) in [4.78, 5) is 18.6. The van der Waals surface area contributed by atoms with E-state index in [-0.39, 0.29) is 29.2 Å². The van der Waals surface area contributed by atoms with Crippen LogP contribution in [0.15, 0.2) is 78.0 Å². The van der Waals surface area contributed by atoms with Crippen LogP contribution >= 0.6 is 0 Å². The minimum atomic E-state index is -4.47. The van der Waals surface area contributed by atoms with Crippen LogP contribution < -0.4 is 10.2 Å². The molecule has 0 radical (unpaired) electrons. The predicted molar refractivity (Wildman–Crippen MR) is 127 cm³/mol. The zero-order valence-corrected chi connectivity index (χ0v) is 20.3. The zero-order valence-electron chi connectivity index (χ0n) is 19.5. The van der Waals surface area contributed by atoms with Gasteiger partial charge in [-0.2, -0.15) is 13.2 Å². The van der Waals surface area contributed by atoms with E-state index in [1.165, 1.54) is 29.7 Å². The van der Waals surface area contributed by atoms with E-state index in [0.29, 0.717) is 19.6 Å². The number of rotatable bonds is 7. The van der Waals surface area contributed by atoms with Crippen molar-refractivity contribution in [3.63, 3.8) is 0 Å². The molecular formula is C25H24F3N3O5S. The van der Waals surface area contributed by atoms with Crippen molar-refractivity contribution in [2.75, 3.05) is 13.1 Å². The number of likely N-dealkylation sites (tertiary alicyclic amines) is 1. The highest BCUT2D eigenvalue weighted by Gasteiger charge is 2.52. The van der Waals surface area contributed by atoms with Crippen LogP contribution in [0.3, 0.4) is 0 Å². The third-order valence-electron chi connectivity index (χ3n) is 6.37. The van der Waals surface area contributed by atoms with Crippen LogP contribution in [0, 0.1) is 0 Å². The van der Waals surface area contributed by atoms with Crippen LogP contribution in [0.5, 0.6) is 11.5 Å². The van der Waals surface area contributed by atoms with Crippen LogP contribution in [-0.2, 0) is 27.4 Å². The summed E-state index contributed by atoms with van der Waals surface area (Å²) in [5, 5.41) is 9.37. The molecule has 196 valence electrons. The van der Waals surface area contributed by atoms with Gasteiger partial charge in [0.2, 0.25) is 0 Å². The standard InChI is InChI=1S/C25H24F3N3O5S/c26-25(27,28)19-3-5-20(6-4-19)36-21-7-9-22(10-8-21)37(34,35)24(23(32)30-33)11-14-31(15-12-24)17-18-2-1-13-29-16-18/h1-10,13,16,33H,11-12,14-15,17H2,(H,30,32). The first-order valence-electron chi connectivity index (χ1n) is 11.3. The number of halogens is 3. The Morgan fingerprint density at radius 2 is 1.62 bits per heavy atom. The Hall–Kier alpha value is -3.48. The maximum atomic E-state index is 13.6. The lowest BCUT2D eigenvalue weighted by atomic mass is 9.94. The summed E-state index contributed by atoms with van der Waals surface area (Å²) in [6.07, 6.45) is -1.17. The molecule has 0 spiro atoms. The van der Waals surface area contributed by atoms with Gasteiger partial charge in [0.25, 0.3) is 5.91 Å². The van der Waals surface area contributed by atoms with Crippen molar-refractivity contribution in [1.82, 2.24) is 15.4 Å². The number of amides is 1. The van der Waals surface area contributed by atoms with Gasteiger partial charge in [-0.3, -0.25) is 19.9 Å². The number of ether oxygens (including phenoxy) is 1. The first-order valence-corrected chi connectivity index (χ1v) is 12.8. The van der Waals surface area contributed by atoms with Gasteiger partial charge < -0.3 is 4.74 Å². The molecule has 2 aromatic carbocycles. The molecule has 0 unspecified atom stereocenters. The van der Waals surface area contributed by atoms with Crippen LogP contribution in [0.2, 0.25) is 0 Å². The Morgan fingerprint density at radius 1 is 1.03 bits per heavy atom. The normalized spacial score (nSPS) is 16.2. The number of benzene rings is 2. The molecule has 2 N–H and O–H groups in total. The van der Waals surface area contributed by atoms with Crippen molar-refractivity contribution in [2.45, 2.75) is 35.2 Å². The fourth-order valence-corrected chi connectivity index (χ4v) is 6.26. The van der Waals surface area contributed by atoms with Gasteiger partial charge >= 0.3 is 6.18 Å². The van der Waals surface area contributed by atoms with Gasteiger partial charge in [-0.15, -0.1) is 0 Å². The second kappa shape index (κ2) is 10.5. The molecular weight excluding hydrogens is 511 g/mol. The third kappa shape index (κ3) is 5.60. The zero-order chi connectivity index (χ0) is 26.7. The Kier molecular flexibility index (Phi) is 7.53. The predicted octanol–water partition coefficient (Wildman–Crippen LogP) is 4.21. The highest BCUT2D eigenvalue weighted by Crippen LogP contribution is 2.37. The van der Waals surface area contributed by atoms with Gasteiger partial charge in [-0.05, 0) is 73.0 Å². The number of carbonyl (C=O) groups excluding carboxylic acids is 1. The molecule has 4 rings (SSSR count). The number of nitrogens with one attached hydrogen (secondary N) is 1. The molecule has 1 fully saturated rings. The summed E-state index contributed by atoms with van der Waals surface area (Å²) in [6, 6.07) is 13.0. The Bertz CT molecular complexity index is 1320. The molecule has 1 aliphatic heterocycles. The molecule has 3 aromatic rings. The summed E-state index contributed by atoms with van der Waals surface area (Å²) < 4.78 is 69.1. The van der Waals surface area contributed by atoms with Gasteiger partial charge in [0.05, 0.1) is 10.5 Å². The van der Waals surface area contributed by atoms with Crippen molar-refractivity contribution in [2.24, 2.45) is 0 Å². The van der Waals surface area contributed by atoms with E-state index in [2.05, 4.69) is 4.98 Å². The molecule has 1 amide bonds. The van der Waals surface area contributed by atoms with Crippen LogP contribution in [0.25, 0.3) is 0 Å². The number of aromatic nitrogens is 1. The molecule has 1 aliphatic rings. The SMILES string of the molecule is O=C(NO)C1(S(=O)(=O)c2ccc(Oc3ccc(C(F)(F)F)cc3)cc2)CCN(Cc2cccnc2)CC1. The first-order chi connectivity index (χ1) is 17.5. The summed E-state index contributed by atoms with van der Waals surface area (Å²) in [7, 11) is -4.23. The maximum absolute atomic E-state index is 13.6. The average Bonchev–Trinajstić information content (AvgIpc) is 2.89. The maximum Gasteiger partial charge on any atom is 0.416 e. The number of hydrogen-bond acceptors (Lipinski definition) is 7. The van der Waals surface area contributed by atoms with Crippen molar-refractivity contribution < 1.29 is 36.3 Å². The topological polar surface area (TPSA) is 109 Å². The molecule has 0 bridgehead atoms. The van der Waals surface area contributed by atoms with Gasteiger partial charge in [-0.25, -0.2) is 13.9 Å². The van der Waals surface area contributed by atoms with E-state index in [9.17, 15) is 31.6 Å². The number of piperidine rings is 1. The average molecular weight is 536 g/mol. The molecule has 8 nitrogen and oxygen atoms in total. The Labute approximate surface area is 211 Å². The third-order valence-corrected chi connectivity index (χ3v) is 8.89. The van der Waals surface area contributed by atoms with E-state index < -0.39 is 32.2 Å². The summed E-state index contributed by atoms with van der Waals surface area (Å²) in [5.41, 5.74) is 1.66. The highest BCUT2D eigenvalue weighted by atomic mass is 32.2. The number of alkyl halides is 3. The molecule has 0 atom stereocenters. The summed E-state index contributed by atoms with van der Waals surface area (Å²) in [6.45, 7) is 1.15. The van der Waals surface area contributed by atoms with Gasteiger partial charge in [0.1, 0.15) is 11.5 Å². The first kappa shape index (κ1) is 26.6. The minimum Gasteiger partial charge on any atom is -0.457 e. The minimum absolute atomic E-state index is 0.0359.